The Hall–Kier alpha value is -2.80. The molecule has 0 bridgehead atoms. The monoisotopic (exact) mass is 427 g/mol. The number of hydrogen-bond acceptors (Lipinski definition) is 3. The van der Waals surface area contributed by atoms with E-state index in [4.69, 9.17) is 4.74 Å². The number of carbonyl (C=O) groups excluding carboxylic acids is 2. The predicted molar refractivity (Wildman–Crippen MR) is 106 cm³/mol. The van der Waals surface area contributed by atoms with Gasteiger partial charge in [0.05, 0.1) is 31.0 Å². The lowest BCUT2D eigenvalue weighted by Gasteiger charge is -2.31. The van der Waals surface area contributed by atoms with Crippen LogP contribution < -0.4 is 15.0 Å². The minimum Gasteiger partial charge on any atom is -0.497 e. The second-order valence-electron chi connectivity index (χ2n) is 6.44. The molecule has 1 atom stereocenters. The van der Waals surface area contributed by atoms with Crippen LogP contribution in [0.1, 0.15) is 11.6 Å². The van der Waals surface area contributed by atoms with Crippen LogP contribution in [-0.2, 0) is 4.79 Å². The van der Waals surface area contributed by atoms with E-state index in [9.17, 15) is 9.59 Å². The third-order valence-corrected chi connectivity index (χ3v) is 5.48. The summed E-state index contributed by atoms with van der Waals surface area (Å²) in [6.07, 6.45) is 0. The lowest BCUT2D eigenvalue weighted by atomic mass is 9.95. The zero-order valence-corrected chi connectivity index (χ0v) is 16.5. The van der Waals surface area contributed by atoms with Gasteiger partial charge in [-0.3, -0.25) is 9.69 Å². The molecule has 2 aliphatic rings. The van der Waals surface area contributed by atoms with Gasteiger partial charge in [-0.2, -0.15) is 0 Å². The Morgan fingerprint density at radius 1 is 1.07 bits per heavy atom. The molecule has 0 fully saturated rings. The number of urea groups is 1. The molecule has 2 heterocycles. The molecule has 138 valence electrons. The smallest absolute Gasteiger partial charge is 0.322 e. The van der Waals surface area contributed by atoms with Crippen LogP contribution in [0, 0.1) is 0 Å². The number of methoxy groups -OCH3 is 1. The van der Waals surface area contributed by atoms with Crippen molar-refractivity contribution in [2.75, 3.05) is 25.6 Å². The van der Waals surface area contributed by atoms with Crippen molar-refractivity contribution < 1.29 is 14.3 Å². The zero-order chi connectivity index (χ0) is 19.1. The molecule has 0 aromatic heterocycles. The summed E-state index contributed by atoms with van der Waals surface area (Å²) in [7, 11) is 3.29. The van der Waals surface area contributed by atoms with Crippen molar-refractivity contribution in [2.45, 2.75) is 6.04 Å². The number of hydrogen-bond donors (Lipinski definition) is 1. The van der Waals surface area contributed by atoms with E-state index in [0.717, 1.165) is 27.2 Å². The van der Waals surface area contributed by atoms with Gasteiger partial charge < -0.3 is 15.0 Å². The summed E-state index contributed by atoms with van der Waals surface area (Å²) in [5, 5.41) is 2.94. The summed E-state index contributed by atoms with van der Waals surface area (Å²) >= 11 is 3.41. The van der Waals surface area contributed by atoms with Crippen molar-refractivity contribution in [3.8, 4) is 5.75 Å². The molecule has 4 rings (SSSR count). The molecular weight excluding hydrogens is 410 g/mol. The predicted octanol–water partition coefficient (Wildman–Crippen LogP) is 3.45. The third kappa shape index (κ3) is 2.98. The van der Waals surface area contributed by atoms with Crippen LogP contribution in [0.25, 0.3) is 0 Å². The molecule has 2 aromatic carbocycles. The van der Waals surface area contributed by atoms with E-state index in [0.29, 0.717) is 12.1 Å². The number of benzene rings is 2. The number of likely N-dealkylation sites (N-methyl/N-ethyl adjacent to an activating group) is 1. The first-order valence-corrected chi connectivity index (χ1v) is 9.27. The SMILES string of the molecule is COc1ccc([C@H]2NC(=O)N(C)C3=C2C(=O)N(c2ccc(Br)cc2)C3)cc1. The van der Waals surface area contributed by atoms with Gasteiger partial charge in [0.25, 0.3) is 5.91 Å². The molecular formula is C20H18BrN3O3. The van der Waals surface area contributed by atoms with Crippen LogP contribution in [-0.4, -0.2) is 37.5 Å². The van der Waals surface area contributed by atoms with Crippen LogP contribution in [0.3, 0.4) is 0 Å². The summed E-state index contributed by atoms with van der Waals surface area (Å²) in [4.78, 5) is 28.9. The second kappa shape index (κ2) is 6.74. The number of nitrogens with one attached hydrogen (secondary N) is 1. The topological polar surface area (TPSA) is 61.9 Å². The Labute approximate surface area is 165 Å². The molecule has 1 N–H and O–H groups in total. The molecule has 2 aromatic rings. The summed E-state index contributed by atoms with van der Waals surface area (Å²) in [5.74, 6) is 0.626. The Morgan fingerprint density at radius 3 is 2.37 bits per heavy atom. The highest BCUT2D eigenvalue weighted by Crippen LogP contribution is 2.38. The Balaban J connectivity index is 1.73. The van der Waals surface area contributed by atoms with Crippen molar-refractivity contribution in [1.82, 2.24) is 10.2 Å². The fourth-order valence-electron chi connectivity index (χ4n) is 3.44. The third-order valence-electron chi connectivity index (χ3n) is 4.95. The first-order valence-electron chi connectivity index (χ1n) is 8.48. The molecule has 27 heavy (non-hydrogen) atoms. The largest absolute Gasteiger partial charge is 0.497 e. The molecule has 0 saturated carbocycles. The summed E-state index contributed by atoms with van der Waals surface area (Å²) in [6, 6.07) is 14.3. The summed E-state index contributed by atoms with van der Waals surface area (Å²) in [5.41, 5.74) is 2.97. The molecule has 0 unspecified atom stereocenters. The van der Waals surface area contributed by atoms with Gasteiger partial charge in [-0.1, -0.05) is 28.1 Å². The molecule has 0 saturated heterocycles. The van der Waals surface area contributed by atoms with Crippen LogP contribution in [0.15, 0.2) is 64.3 Å². The number of ether oxygens (including phenoxy) is 1. The minimum atomic E-state index is -0.484. The number of carbonyl (C=O) groups is 2. The standard InChI is InChI=1S/C20H18BrN3O3/c1-23-16-11-24(14-7-5-13(21)6-8-14)19(25)17(16)18(22-20(23)26)12-3-9-15(27-2)10-4-12/h3-10,18H,11H2,1-2H3,(H,22,26)/t18-/m1/s1. The van der Waals surface area contributed by atoms with Gasteiger partial charge in [-0.15, -0.1) is 0 Å². The van der Waals surface area contributed by atoms with Crippen LogP contribution >= 0.6 is 15.9 Å². The van der Waals surface area contributed by atoms with Gasteiger partial charge in [0.15, 0.2) is 0 Å². The van der Waals surface area contributed by atoms with Crippen molar-refractivity contribution in [2.24, 2.45) is 0 Å². The van der Waals surface area contributed by atoms with Gasteiger partial charge in [0.2, 0.25) is 0 Å². The quantitative estimate of drug-likeness (QED) is 0.815. The van der Waals surface area contributed by atoms with Crippen molar-refractivity contribution in [3.05, 3.63) is 69.8 Å². The number of amides is 3. The van der Waals surface area contributed by atoms with E-state index < -0.39 is 6.04 Å². The summed E-state index contributed by atoms with van der Waals surface area (Å²) < 4.78 is 6.15. The average molecular weight is 428 g/mol. The lowest BCUT2D eigenvalue weighted by molar-refractivity contribution is -0.114. The molecule has 0 spiro atoms. The molecule has 3 amide bonds. The van der Waals surface area contributed by atoms with Gasteiger partial charge >= 0.3 is 6.03 Å². The Morgan fingerprint density at radius 2 is 1.74 bits per heavy atom. The van der Waals surface area contributed by atoms with Gasteiger partial charge in [0.1, 0.15) is 5.75 Å². The van der Waals surface area contributed by atoms with Gasteiger partial charge in [0, 0.05) is 17.2 Å². The number of anilines is 1. The van der Waals surface area contributed by atoms with Crippen LogP contribution in [0.4, 0.5) is 10.5 Å². The van der Waals surface area contributed by atoms with E-state index in [-0.39, 0.29) is 11.9 Å². The normalized spacial score (nSPS) is 19.3. The molecule has 7 heteroatoms. The minimum absolute atomic E-state index is 0.0972. The fourth-order valence-corrected chi connectivity index (χ4v) is 3.71. The highest BCUT2D eigenvalue weighted by Gasteiger charge is 2.43. The van der Waals surface area contributed by atoms with Gasteiger partial charge in [-0.05, 0) is 42.0 Å². The van der Waals surface area contributed by atoms with Crippen LogP contribution in [0.2, 0.25) is 0 Å². The maximum atomic E-state index is 13.2. The highest BCUT2D eigenvalue weighted by molar-refractivity contribution is 9.10. The number of halogens is 1. The van der Waals surface area contributed by atoms with E-state index >= 15 is 0 Å². The highest BCUT2D eigenvalue weighted by atomic mass is 79.9. The first-order chi connectivity index (χ1) is 13.0. The number of rotatable bonds is 3. The van der Waals surface area contributed by atoms with Crippen molar-refractivity contribution in [1.29, 1.82) is 0 Å². The van der Waals surface area contributed by atoms with E-state index in [2.05, 4.69) is 21.2 Å². The maximum absolute atomic E-state index is 13.2. The fraction of sp³-hybridized carbons (Fsp3) is 0.200. The lowest BCUT2D eigenvalue weighted by Crippen LogP contribution is -2.45. The number of nitrogens with zero attached hydrogens (tertiary/aromatic N) is 2. The second-order valence-corrected chi connectivity index (χ2v) is 7.36. The molecule has 2 aliphatic heterocycles. The average Bonchev–Trinajstić information content (AvgIpc) is 3.03. The van der Waals surface area contributed by atoms with Gasteiger partial charge in [-0.25, -0.2) is 4.79 Å². The maximum Gasteiger partial charge on any atom is 0.322 e. The molecule has 0 radical (unpaired) electrons. The summed E-state index contributed by atoms with van der Waals surface area (Å²) in [6.45, 7) is 0.367. The van der Waals surface area contributed by atoms with Crippen molar-refractivity contribution >= 4 is 33.6 Å². The van der Waals surface area contributed by atoms with E-state index in [1.54, 1.807) is 19.1 Å². The zero-order valence-electron chi connectivity index (χ0n) is 14.9. The Bertz CT molecular complexity index is 938. The Kier molecular flexibility index (Phi) is 4.39. The molecule has 0 aliphatic carbocycles. The molecule has 6 nitrogen and oxygen atoms in total. The first kappa shape index (κ1) is 17.6. The van der Waals surface area contributed by atoms with E-state index in [1.807, 2.05) is 48.5 Å². The van der Waals surface area contributed by atoms with E-state index in [1.165, 1.54) is 4.90 Å². The van der Waals surface area contributed by atoms with Crippen LogP contribution in [0.5, 0.6) is 5.75 Å². The van der Waals surface area contributed by atoms with Crippen molar-refractivity contribution in [3.63, 3.8) is 0 Å².